The number of aromatic amines is 1. The zero-order valence-corrected chi connectivity index (χ0v) is 14.3. The largest absolute Gasteiger partial charge is 0.508 e. The number of nitrogens with one attached hydrogen (secondary N) is 1. The summed E-state index contributed by atoms with van der Waals surface area (Å²) < 4.78 is 5.31. The first-order valence-electron chi connectivity index (χ1n) is 8.41. The number of phenolic OH excluding ortho intramolecular Hbond substituents is 2. The number of nitrogens with zero attached hydrogens (tertiary/aromatic N) is 2. The highest BCUT2D eigenvalue weighted by Crippen LogP contribution is 2.29. The molecule has 134 valence electrons. The number of hydrogen-bond acceptors (Lipinski definition) is 6. The van der Waals surface area contributed by atoms with Gasteiger partial charge in [-0.25, -0.2) is 4.98 Å². The van der Waals surface area contributed by atoms with Crippen LogP contribution in [0.1, 0.15) is 22.4 Å². The number of benzene rings is 1. The van der Waals surface area contributed by atoms with Crippen molar-refractivity contribution in [2.24, 2.45) is 0 Å². The van der Waals surface area contributed by atoms with Gasteiger partial charge in [0.25, 0.3) is 5.56 Å². The Balaban J connectivity index is 1.60. The van der Waals surface area contributed by atoms with Gasteiger partial charge in [-0.05, 0) is 30.7 Å². The normalized spacial score (nSPS) is 14.3. The molecule has 0 bridgehead atoms. The Bertz CT molecular complexity index is 985. The standard InChI is InChI=1S/C19H19N3O4/c1-11-7-12(23)8-16(24)13(11)9-22-5-4-15-14(10-22)19(25)21-18(20-15)17-3-2-6-26-17/h2-3,6-8,23-24H,4-5,9-10H2,1H3,(H,20,21,25). The highest BCUT2D eigenvalue weighted by Gasteiger charge is 2.23. The van der Waals surface area contributed by atoms with Crippen molar-refractivity contribution in [1.82, 2.24) is 14.9 Å². The first-order valence-corrected chi connectivity index (χ1v) is 8.41. The van der Waals surface area contributed by atoms with E-state index in [4.69, 9.17) is 4.42 Å². The number of furan rings is 1. The second-order valence-electron chi connectivity index (χ2n) is 6.54. The van der Waals surface area contributed by atoms with Crippen molar-refractivity contribution in [3.63, 3.8) is 0 Å². The first kappa shape index (κ1) is 16.4. The molecule has 1 aromatic carbocycles. The summed E-state index contributed by atoms with van der Waals surface area (Å²) in [5.74, 6) is 1.09. The number of hydrogen-bond donors (Lipinski definition) is 3. The summed E-state index contributed by atoms with van der Waals surface area (Å²) in [5.41, 5.74) is 2.82. The number of H-pyrrole nitrogens is 1. The fourth-order valence-corrected chi connectivity index (χ4v) is 3.36. The van der Waals surface area contributed by atoms with Gasteiger partial charge in [-0.15, -0.1) is 0 Å². The Kier molecular flexibility index (Phi) is 4.00. The zero-order valence-electron chi connectivity index (χ0n) is 14.3. The van der Waals surface area contributed by atoms with Crippen LogP contribution >= 0.6 is 0 Å². The van der Waals surface area contributed by atoms with E-state index in [0.717, 1.165) is 23.4 Å². The van der Waals surface area contributed by atoms with E-state index in [1.165, 1.54) is 6.07 Å². The molecule has 3 N–H and O–H groups in total. The molecule has 3 heterocycles. The van der Waals surface area contributed by atoms with Crippen LogP contribution in [0, 0.1) is 6.92 Å². The molecule has 0 saturated carbocycles. The number of phenols is 2. The minimum atomic E-state index is -0.169. The van der Waals surface area contributed by atoms with Crippen molar-refractivity contribution in [2.45, 2.75) is 26.4 Å². The molecule has 1 aliphatic rings. The molecule has 2 aromatic heterocycles. The summed E-state index contributed by atoms with van der Waals surface area (Å²) in [7, 11) is 0. The fourth-order valence-electron chi connectivity index (χ4n) is 3.36. The van der Waals surface area contributed by atoms with E-state index in [1.54, 1.807) is 24.5 Å². The van der Waals surface area contributed by atoms with E-state index in [0.29, 0.717) is 36.7 Å². The van der Waals surface area contributed by atoms with Crippen molar-refractivity contribution >= 4 is 0 Å². The van der Waals surface area contributed by atoms with E-state index < -0.39 is 0 Å². The summed E-state index contributed by atoms with van der Waals surface area (Å²) in [5, 5.41) is 19.7. The monoisotopic (exact) mass is 353 g/mol. The Morgan fingerprint density at radius 2 is 2.19 bits per heavy atom. The average Bonchev–Trinajstić information content (AvgIpc) is 3.13. The Morgan fingerprint density at radius 1 is 1.35 bits per heavy atom. The number of aromatic hydroxyl groups is 2. The first-order chi connectivity index (χ1) is 12.5. The SMILES string of the molecule is Cc1cc(O)cc(O)c1CN1CCc2nc(-c3ccco3)[nH]c(=O)c2C1. The molecule has 26 heavy (non-hydrogen) atoms. The quantitative estimate of drug-likeness (QED) is 0.668. The van der Waals surface area contributed by atoms with Gasteiger partial charge in [0.15, 0.2) is 11.6 Å². The summed E-state index contributed by atoms with van der Waals surface area (Å²) >= 11 is 0. The third-order valence-electron chi connectivity index (χ3n) is 4.72. The summed E-state index contributed by atoms with van der Waals surface area (Å²) in [4.78, 5) is 21.9. The van der Waals surface area contributed by atoms with Gasteiger partial charge in [-0.3, -0.25) is 9.69 Å². The summed E-state index contributed by atoms with van der Waals surface area (Å²) in [6.45, 7) is 3.52. The van der Waals surface area contributed by atoms with Crippen LogP contribution in [0.4, 0.5) is 0 Å². The van der Waals surface area contributed by atoms with E-state index >= 15 is 0 Å². The van der Waals surface area contributed by atoms with Crippen molar-refractivity contribution in [3.8, 4) is 23.1 Å². The fraction of sp³-hybridized carbons (Fsp3) is 0.263. The van der Waals surface area contributed by atoms with E-state index in [1.807, 2.05) is 6.92 Å². The molecule has 0 spiro atoms. The van der Waals surface area contributed by atoms with Crippen LogP contribution < -0.4 is 5.56 Å². The molecular weight excluding hydrogens is 334 g/mol. The lowest BCUT2D eigenvalue weighted by atomic mass is 10.0. The van der Waals surface area contributed by atoms with Crippen molar-refractivity contribution in [2.75, 3.05) is 6.54 Å². The van der Waals surface area contributed by atoms with Crippen molar-refractivity contribution < 1.29 is 14.6 Å². The molecule has 0 saturated heterocycles. The highest BCUT2D eigenvalue weighted by atomic mass is 16.3. The van der Waals surface area contributed by atoms with Gasteiger partial charge in [0.2, 0.25) is 0 Å². The molecule has 0 aliphatic carbocycles. The molecule has 3 aromatic rings. The number of rotatable bonds is 3. The van der Waals surface area contributed by atoms with Crippen LogP contribution in [0.15, 0.2) is 39.7 Å². The molecule has 0 atom stereocenters. The molecule has 4 rings (SSSR count). The van der Waals surface area contributed by atoms with Gasteiger partial charge < -0.3 is 19.6 Å². The summed E-state index contributed by atoms with van der Waals surface area (Å²) in [6, 6.07) is 6.47. The lowest BCUT2D eigenvalue weighted by Crippen LogP contribution is -2.35. The van der Waals surface area contributed by atoms with Crippen molar-refractivity contribution in [3.05, 3.63) is 63.3 Å². The molecular formula is C19H19N3O4. The maximum Gasteiger partial charge on any atom is 0.256 e. The van der Waals surface area contributed by atoms with Gasteiger partial charge in [-0.2, -0.15) is 0 Å². The topological polar surface area (TPSA) is 103 Å². The second kappa shape index (κ2) is 6.34. The van der Waals surface area contributed by atoms with Crippen LogP contribution in [-0.2, 0) is 19.5 Å². The Labute approximate surface area is 149 Å². The van der Waals surface area contributed by atoms with E-state index in [-0.39, 0.29) is 17.1 Å². The van der Waals surface area contributed by atoms with Crippen LogP contribution in [0.5, 0.6) is 11.5 Å². The smallest absolute Gasteiger partial charge is 0.256 e. The van der Waals surface area contributed by atoms with Gasteiger partial charge in [0.05, 0.1) is 17.5 Å². The van der Waals surface area contributed by atoms with Crippen LogP contribution in [0.2, 0.25) is 0 Å². The minimum absolute atomic E-state index is 0.0406. The van der Waals surface area contributed by atoms with Gasteiger partial charge in [0, 0.05) is 37.7 Å². The highest BCUT2D eigenvalue weighted by molar-refractivity contribution is 5.47. The lowest BCUT2D eigenvalue weighted by molar-refractivity contribution is 0.238. The molecule has 0 radical (unpaired) electrons. The Hall–Kier alpha value is -3.06. The van der Waals surface area contributed by atoms with E-state index in [2.05, 4.69) is 14.9 Å². The molecule has 1 aliphatic heterocycles. The van der Waals surface area contributed by atoms with Crippen LogP contribution in [0.25, 0.3) is 11.6 Å². The Morgan fingerprint density at radius 3 is 2.92 bits per heavy atom. The van der Waals surface area contributed by atoms with E-state index in [9.17, 15) is 15.0 Å². The van der Waals surface area contributed by atoms with Gasteiger partial charge in [0.1, 0.15) is 11.5 Å². The third-order valence-corrected chi connectivity index (χ3v) is 4.72. The van der Waals surface area contributed by atoms with Gasteiger partial charge in [-0.1, -0.05) is 0 Å². The molecule has 7 nitrogen and oxygen atoms in total. The average molecular weight is 353 g/mol. The zero-order chi connectivity index (χ0) is 18.3. The minimum Gasteiger partial charge on any atom is -0.508 e. The van der Waals surface area contributed by atoms with Gasteiger partial charge >= 0.3 is 0 Å². The maximum atomic E-state index is 12.5. The van der Waals surface area contributed by atoms with Crippen LogP contribution in [-0.4, -0.2) is 31.6 Å². The second-order valence-corrected chi connectivity index (χ2v) is 6.54. The predicted molar refractivity (Wildman–Crippen MR) is 94.9 cm³/mol. The number of aryl methyl sites for hydroxylation is 1. The number of fused-ring (bicyclic) bond motifs is 1. The summed E-state index contributed by atoms with van der Waals surface area (Å²) in [6.07, 6.45) is 2.19. The molecule has 0 fully saturated rings. The third kappa shape index (κ3) is 2.97. The maximum absolute atomic E-state index is 12.5. The molecule has 0 unspecified atom stereocenters. The lowest BCUT2D eigenvalue weighted by Gasteiger charge is -2.28. The number of aromatic nitrogens is 2. The van der Waals surface area contributed by atoms with Crippen molar-refractivity contribution in [1.29, 1.82) is 0 Å². The molecule has 0 amide bonds. The van der Waals surface area contributed by atoms with Crippen LogP contribution in [0.3, 0.4) is 0 Å². The molecule has 7 heteroatoms. The predicted octanol–water partition coefficient (Wildman–Crippen LogP) is 2.31.